The lowest BCUT2D eigenvalue weighted by Crippen LogP contribution is -2.57. The van der Waals surface area contributed by atoms with E-state index in [-0.39, 0.29) is 5.28 Å². The van der Waals surface area contributed by atoms with E-state index in [0.29, 0.717) is 19.3 Å². The molecule has 2 aliphatic heterocycles. The monoisotopic (exact) mass is 480 g/mol. The molecule has 0 radical (unpaired) electrons. The van der Waals surface area contributed by atoms with Crippen molar-refractivity contribution < 1.29 is 4.74 Å². The summed E-state index contributed by atoms with van der Waals surface area (Å²) in [6.45, 7) is 21.5. The van der Waals surface area contributed by atoms with Gasteiger partial charge in [0.15, 0.2) is 5.82 Å². The van der Waals surface area contributed by atoms with Gasteiger partial charge in [0.2, 0.25) is 5.28 Å². The van der Waals surface area contributed by atoms with Gasteiger partial charge in [0.25, 0.3) is 0 Å². The fourth-order valence-corrected chi connectivity index (χ4v) is 3.67. The summed E-state index contributed by atoms with van der Waals surface area (Å²) in [4.78, 5) is 18.3. The Balaban J connectivity index is 0.000000705. The van der Waals surface area contributed by atoms with Crippen LogP contribution in [0.2, 0.25) is 5.28 Å². The van der Waals surface area contributed by atoms with Crippen LogP contribution >= 0.6 is 11.6 Å². The van der Waals surface area contributed by atoms with Crippen LogP contribution in [0.5, 0.6) is 0 Å². The predicted molar refractivity (Wildman–Crippen MR) is 141 cm³/mol. The van der Waals surface area contributed by atoms with Gasteiger partial charge in [0, 0.05) is 38.8 Å². The van der Waals surface area contributed by atoms with E-state index in [4.69, 9.17) is 21.3 Å². The van der Waals surface area contributed by atoms with Gasteiger partial charge < -0.3 is 15.0 Å². The second-order valence-electron chi connectivity index (χ2n) is 7.64. The van der Waals surface area contributed by atoms with Crippen LogP contribution in [0.3, 0.4) is 0 Å². The van der Waals surface area contributed by atoms with E-state index >= 15 is 0 Å². The number of aromatic nitrogens is 3. The molecule has 0 aromatic carbocycles. The number of rotatable bonds is 6. The zero-order valence-electron chi connectivity index (χ0n) is 21.8. The summed E-state index contributed by atoms with van der Waals surface area (Å²) >= 11 is 6.13. The first-order valence-corrected chi connectivity index (χ1v) is 13.1. The second-order valence-corrected chi connectivity index (χ2v) is 7.98. The number of morpholine rings is 1. The largest absolute Gasteiger partial charge is 0.378 e. The minimum atomic E-state index is 0.265. The Labute approximate surface area is 206 Å². The first kappa shape index (κ1) is 29.5. The zero-order chi connectivity index (χ0) is 24.6. The molecule has 1 N–H and O–H groups in total. The molecule has 7 nitrogen and oxygen atoms in total. The van der Waals surface area contributed by atoms with Crippen molar-refractivity contribution in [3.05, 3.63) is 23.1 Å². The summed E-state index contributed by atoms with van der Waals surface area (Å²) < 4.78 is 5.45. The molecule has 2 aromatic heterocycles. The van der Waals surface area contributed by atoms with Crippen LogP contribution in [0, 0.1) is 0 Å². The Hall–Kier alpha value is -1.54. The lowest BCUT2D eigenvalue weighted by molar-refractivity contribution is 0.117. The van der Waals surface area contributed by atoms with Gasteiger partial charge in [-0.2, -0.15) is 4.98 Å². The van der Waals surface area contributed by atoms with E-state index in [0.717, 1.165) is 61.8 Å². The minimum absolute atomic E-state index is 0.265. The highest BCUT2D eigenvalue weighted by molar-refractivity contribution is 6.28. The molecule has 2 aromatic rings. The summed E-state index contributed by atoms with van der Waals surface area (Å²) in [5, 5.41) is 3.82. The lowest BCUT2D eigenvalue weighted by Gasteiger charge is -2.39. The highest BCUT2D eigenvalue weighted by Gasteiger charge is 2.26. The standard InChI is InChI=1S/C18H25ClN6O.C3H8.2C2H6/c1-2-5-20-14-11-24(12-14)10-13-3-4-15-16(21-13)17(23-18(19)22-15)25-6-8-26-9-7-25;1-3-2;2*1-2/h3-4,14,20H,2,5-12H2,1H3;3H2,1-2H3;2*1-2H3. The zero-order valence-corrected chi connectivity index (χ0v) is 22.6. The van der Waals surface area contributed by atoms with Gasteiger partial charge in [0.05, 0.1) is 24.4 Å². The van der Waals surface area contributed by atoms with Gasteiger partial charge in [-0.15, -0.1) is 0 Å². The second kappa shape index (κ2) is 17.0. The van der Waals surface area contributed by atoms with E-state index in [2.05, 4.69) is 45.9 Å². The maximum Gasteiger partial charge on any atom is 0.225 e. The molecule has 8 heteroatoms. The van der Waals surface area contributed by atoms with Gasteiger partial charge in [0.1, 0.15) is 5.52 Å². The van der Waals surface area contributed by atoms with Crippen LogP contribution in [-0.4, -0.2) is 71.8 Å². The number of hydrogen-bond donors (Lipinski definition) is 1. The molecule has 0 saturated carbocycles. The molecular formula is C25H45ClN6O. The topological polar surface area (TPSA) is 66.4 Å². The molecule has 0 spiro atoms. The third-order valence-corrected chi connectivity index (χ3v) is 5.06. The van der Waals surface area contributed by atoms with E-state index in [1.807, 2.05) is 39.8 Å². The Morgan fingerprint density at radius 3 is 2.24 bits per heavy atom. The van der Waals surface area contributed by atoms with Crippen molar-refractivity contribution in [3.63, 3.8) is 0 Å². The molecule has 0 atom stereocenters. The molecule has 4 rings (SSSR count). The number of fused-ring (bicyclic) bond motifs is 1. The summed E-state index contributed by atoms with van der Waals surface area (Å²) in [7, 11) is 0. The van der Waals surface area contributed by atoms with Crippen molar-refractivity contribution in [2.45, 2.75) is 73.9 Å². The number of hydrogen-bond acceptors (Lipinski definition) is 7. The number of pyridine rings is 1. The van der Waals surface area contributed by atoms with Crippen LogP contribution in [0.25, 0.3) is 11.0 Å². The maximum absolute atomic E-state index is 6.13. The Bertz CT molecular complexity index is 779. The highest BCUT2D eigenvalue weighted by atomic mass is 35.5. The smallest absolute Gasteiger partial charge is 0.225 e. The van der Waals surface area contributed by atoms with Crippen LogP contribution < -0.4 is 10.2 Å². The molecule has 0 unspecified atom stereocenters. The van der Waals surface area contributed by atoms with Crippen molar-refractivity contribution in [3.8, 4) is 0 Å². The molecule has 0 bridgehead atoms. The summed E-state index contributed by atoms with van der Waals surface area (Å²) in [5.74, 6) is 0.816. The number of nitrogens with one attached hydrogen (secondary N) is 1. The SMILES string of the molecule is CC.CC.CCC.CCCNC1CN(Cc2ccc3nc(Cl)nc(N4CCOCC4)c3n2)C1. The van der Waals surface area contributed by atoms with Gasteiger partial charge in [-0.25, -0.2) is 9.97 Å². The van der Waals surface area contributed by atoms with Crippen molar-refractivity contribution in [2.24, 2.45) is 0 Å². The number of anilines is 1. The average Bonchev–Trinajstić information content (AvgIpc) is 2.83. The highest BCUT2D eigenvalue weighted by Crippen LogP contribution is 2.25. The molecular weight excluding hydrogens is 436 g/mol. The lowest BCUT2D eigenvalue weighted by atomic mass is 10.1. The molecule has 0 amide bonds. The molecule has 2 saturated heterocycles. The van der Waals surface area contributed by atoms with Gasteiger partial charge in [-0.1, -0.05) is 54.9 Å². The normalized spacial score (nSPS) is 15.9. The van der Waals surface area contributed by atoms with Gasteiger partial charge >= 0.3 is 0 Å². The first-order chi connectivity index (χ1) is 16.1. The summed E-state index contributed by atoms with van der Waals surface area (Å²) in [6.07, 6.45) is 2.43. The van der Waals surface area contributed by atoms with E-state index < -0.39 is 0 Å². The summed E-state index contributed by atoms with van der Waals surface area (Å²) in [5.41, 5.74) is 2.67. The van der Waals surface area contributed by atoms with Crippen LogP contribution in [0.1, 0.15) is 67.0 Å². The number of halogens is 1. The number of nitrogens with zero attached hydrogens (tertiary/aromatic N) is 5. The van der Waals surface area contributed by atoms with Gasteiger partial charge in [-0.3, -0.25) is 4.90 Å². The molecule has 33 heavy (non-hydrogen) atoms. The predicted octanol–water partition coefficient (Wildman–Crippen LogP) is 5.17. The van der Waals surface area contributed by atoms with Crippen LogP contribution in [0.4, 0.5) is 5.82 Å². The van der Waals surface area contributed by atoms with Crippen molar-refractivity contribution in [1.82, 2.24) is 25.2 Å². The van der Waals surface area contributed by atoms with Crippen LogP contribution in [0.15, 0.2) is 12.1 Å². The summed E-state index contributed by atoms with van der Waals surface area (Å²) in [6, 6.07) is 4.66. The molecule has 0 aliphatic carbocycles. The fraction of sp³-hybridized carbons (Fsp3) is 0.720. The number of ether oxygens (including phenoxy) is 1. The Morgan fingerprint density at radius 2 is 1.64 bits per heavy atom. The van der Waals surface area contributed by atoms with E-state index in [1.165, 1.54) is 12.8 Å². The van der Waals surface area contributed by atoms with Gasteiger partial charge in [-0.05, 0) is 36.7 Å². The van der Waals surface area contributed by atoms with E-state index in [9.17, 15) is 0 Å². The molecule has 188 valence electrons. The minimum Gasteiger partial charge on any atom is -0.378 e. The number of likely N-dealkylation sites (tertiary alicyclic amines) is 1. The molecule has 4 heterocycles. The first-order valence-electron chi connectivity index (χ1n) is 12.8. The fourth-order valence-electron chi connectivity index (χ4n) is 3.50. The van der Waals surface area contributed by atoms with Crippen LogP contribution in [-0.2, 0) is 11.3 Å². The van der Waals surface area contributed by atoms with Crippen molar-refractivity contribution >= 4 is 28.5 Å². The quantitative estimate of drug-likeness (QED) is 0.572. The maximum atomic E-state index is 6.13. The van der Waals surface area contributed by atoms with Crippen molar-refractivity contribution in [2.75, 3.05) is 50.8 Å². The Morgan fingerprint density at radius 1 is 1.00 bits per heavy atom. The molecule has 2 fully saturated rings. The average molecular weight is 481 g/mol. The van der Waals surface area contributed by atoms with Crippen molar-refractivity contribution in [1.29, 1.82) is 0 Å². The Kier molecular flexibility index (Phi) is 15.2. The third-order valence-electron chi connectivity index (χ3n) is 4.89. The van der Waals surface area contributed by atoms with E-state index in [1.54, 1.807) is 0 Å². The molecule has 2 aliphatic rings. The third kappa shape index (κ3) is 9.32.